The standard InChI is InChI=1S/C12H10F3NS.C8H5F3N2/c1-3-9(17)6-8-4-5-11(16-2)10(7-8)12(13,14)15;9-8(10,11)7-3-6(13)2-1-5(7)4-12/h4-5,7H,3,6H2,1H3;1-3H,13H2. The fourth-order valence-corrected chi connectivity index (χ4v) is 2.43. The van der Waals surface area contributed by atoms with Gasteiger partial charge in [-0.3, -0.25) is 0 Å². The number of alkyl halides is 6. The van der Waals surface area contributed by atoms with E-state index in [2.05, 4.69) is 4.85 Å². The Balaban J connectivity index is 0.000000311. The number of nitrogens with two attached hydrogens (primary N) is 1. The molecule has 0 heterocycles. The Labute approximate surface area is 174 Å². The van der Waals surface area contributed by atoms with Crippen LogP contribution in [-0.4, -0.2) is 4.86 Å². The molecule has 0 fully saturated rings. The third-order valence-electron chi connectivity index (χ3n) is 3.75. The van der Waals surface area contributed by atoms with E-state index in [-0.39, 0.29) is 11.4 Å². The van der Waals surface area contributed by atoms with Gasteiger partial charge in [-0.2, -0.15) is 31.6 Å². The Morgan fingerprint density at radius 3 is 2.13 bits per heavy atom. The van der Waals surface area contributed by atoms with Gasteiger partial charge in [-0.05, 0) is 35.0 Å². The summed E-state index contributed by atoms with van der Waals surface area (Å²) in [7, 11) is 0. The summed E-state index contributed by atoms with van der Waals surface area (Å²) in [5.41, 5.74) is 3.00. The molecule has 0 aliphatic heterocycles. The summed E-state index contributed by atoms with van der Waals surface area (Å²) in [6.07, 6.45) is -8.03. The fraction of sp³-hybridized carbons (Fsp3) is 0.250. The van der Waals surface area contributed by atoms with Gasteiger partial charge < -0.3 is 5.73 Å². The molecule has 0 aliphatic carbocycles. The highest BCUT2D eigenvalue weighted by Gasteiger charge is 2.34. The third-order valence-corrected chi connectivity index (χ3v) is 4.18. The number of nitrogen functional groups attached to an aromatic ring is 1. The number of hydrogen-bond acceptors (Lipinski definition) is 3. The van der Waals surface area contributed by atoms with Crippen LogP contribution >= 0.6 is 12.2 Å². The van der Waals surface area contributed by atoms with Gasteiger partial charge in [0.15, 0.2) is 5.69 Å². The monoisotopic (exact) mass is 443 g/mol. The molecule has 0 saturated heterocycles. The van der Waals surface area contributed by atoms with Gasteiger partial charge in [0.25, 0.3) is 0 Å². The smallest absolute Gasteiger partial charge is 0.399 e. The van der Waals surface area contributed by atoms with Crippen LogP contribution in [-0.2, 0) is 18.8 Å². The molecular weight excluding hydrogens is 428 g/mol. The average molecular weight is 443 g/mol. The first-order valence-corrected chi connectivity index (χ1v) is 8.70. The quantitative estimate of drug-likeness (QED) is 0.247. The number of nitrogens with zero attached hydrogens (tertiary/aromatic N) is 2. The molecule has 158 valence electrons. The van der Waals surface area contributed by atoms with E-state index < -0.39 is 29.0 Å². The second-order valence-corrected chi connectivity index (χ2v) is 6.52. The summed E-state index contributed by atoms with van der Waals surface area (Å²) in [5.74, 6) is 0. The van der Waals surface area contributed by atoms with Crippen molar-refractivity contribution in [3.63, 3.8) is 0 Å². The van der Waals surface area contributed by atoms with E-state index in [1.807, 2.05) is 6.92 Å². The van der Waals surface area contributed by atoms with Gasteiger partial charge >= 0.3 is 12.4 Å². The maximum Gasteiger partial charge on any atom is 0.417 e. The largest absolute Gasteiger partial charge is 0.417 e. The first-order valence-electron chi connectivity index (χ1n) is 8.29. The Kier molecular flexibility index (Phi) is 8.38. The number of hydrogen-bond donors (Lipinski definition) is 1. The summed E-state index contributed by atoms with van der Waals surface area (Å²) in [4.78, 5) is 3.58. The zero-order valence-electron chi connectivity index (χ0n) is 15.5. The highest BCUT2D eigenvalue weighted by molar-refractivity contribution is 7.80. The molecule has 0 amide bonds. The van der Waals surface area contributed by atoms with Crippen LogP contribution in [0.1, 0.15) is 35.6 Å². The number of halogens is 6. The van der Waals surface area contributed by atoms with E-state index in [4.69, 9.17) is 29.8 Å². The maximum absolute atomic E-state index is 12.7. The lowest BCUT2D eigenvalue weighted by Crippen LogP contribution is -2.08. The number of thiocarbonyl (C=S) groups is 1. The molecule has 10 heteroatoms. The van der Waals surface area contributed by atoms with Gasteiger partial charge in [-0.15, -0.1) is 0 Å². The Bertz CT molecular complexity index is 998. The van der Waals surface area contributed by atoms with E-state index in [1.165, 1.54) is 24.3 Å². The van der Waals surface area contributed by atoms with Crippen molar-refractivity contribution >= 4 is 28.5 Å². The predicted octanol–water partition coefficient (Wildman–Crippen LogP) is 6.74. The molecule has 30 heavy (non-hydrogen) atoms. The Hall–Kier alpha value is -3.11. The molecule has 2 aromatic carbocycles. The van der Waals surface area contributed by atoms with Gasteiger partial charge in [0.05, 0.1) is 29.3 Å². The molecule has 0 radical (unpaired) electrons. The topological polar surface area (TPSA) is 54.2 Å². The van der Waals surface area contributed by atoms with Crippen LogP contribution in [0, 0.1) is 17.9 Å². The van der Waals surface area contributed by atoms with Gasteiger partial charge in [-0.1, -0.05) is 37.3 Å². The molecular formula is C20H15F6N3S. The van der Waals surface area contributed by atoms with Gasteiger partial charge in [-0.25, -0.2) is 4.85 Å². The summed E-state index contributed by atoms with van der Waals surface area (Å²) in [6.45, 7) is 8.57. The normalized spacial score (nSPS) is 11.0. The first-order chi connectivity index (χ1) is 13.8. The second kappa shape index (κ2) is 10.1. The van der Waals surface area contributed by atoms with Crippen LogP contribution < -0.4 is 5.73 Å². The highest BCUT2D eigenvalue weighted by Crippen LogP contribution is 2.37. The maximum atomic E-state index is 12.7. The van der Waals surface area contributed by atoms with Gasteiger partial charge in [0.2, 0.25) is 0 Å². The molecule has 3 nitrogen and oxygen atoms in total. The van der Waals surface area contributed by atoms with Crippen LogP contribution in [0.5, 0.6) is 0 Å². The molecule has 2 aromatic rings. The molecule has 2 rings (SSSR count). The van der Waals surface area contributed by atoms with Gasteiger partial charge in [0.1, 0.15) is 0 Å². The SMILES string of the molecule is N#Cc1ccc(N)cc1C(F)(F)F.[C-]#[N+]c1ccc(CC(=S)CC)cc1C(F)(F)F. The summed E-state index contributed by atoms with van der Waals surface area (Å²) >= 11 is 4.99. The first kappa shape index (κ1) is 24.9. The van der Waals surface area contributed by atoms with Crippen molar-refractivity contribution in [2.24, 2.45) is 0 Å². The van der Waals surface area contributed by atoms with Gasteiger partial charge in [0, 0.05) is 12.1 Å². The van der Waals surface area contributed by atoms with Crippen LogP contribution in [0.2, 0.25) is 0 Å². The zero-order chi connectivity index (χ0) is 23.1. The van der Waals surface area contributed by atoms with Crippen LogP contribution in [0.3, 0.4) is 0 Å². The Morgan fingerprint density at radius 1 is 1.07 bits per heavy atom. The van der Waals surface area contributed by atoms with Crippen LogP contribution in [0.4, 0.5) is 37.7 Å². The molecule has 2 N–H and O–H groups in total. The lowest BCUT2D eigenvalue weighted by atomic mass is 10.0. The average Bonchev–Trinajstić information content (AvgIpc) is 2.67. The predicted molar refractivity (Wildman–Crippen MR) is 105 cm³/mol. The van der Waals surface area contributed by atoms with Crippen molar-refractivity contribution in [3.05, 3.63) is 70.1 Å². The molecule has 0 saturated carbocycles. The zero-order valence-corrected chi connectivity index (χ0v) is 16.3. The second-order valence-electron chi connectivity index (χ2n) is 5.94. The van der Waals surface area contributed by atoms with Crippen molar-refractivity contribution < 1.29 is 26.3 Å². The number of benzene rings is 2. The van der Waals surface area contributed by atoms with Crippen LogP contribution in [0.25, 0.3) is 4.85 Å². The third kappa shape index (κ3) is 7.05. The van der Waals surface area contributed by atoms with E-state index in [9.17, 15) is 26.3 Å². The number of nitriles is 1. The minimum atomic E-state index is -4.53. The van der Waals surface area contributed by atoms with Crippen LogP contribution in [0.15, 0.2) is 36.4 Å². The fourth-order valence-electron chi connectivity index (χ4n) is 2.26. The Morgan fingerprint density at radius 2 is 1.67 bits per heavy atom. The lowest BCUT2D eigenvalue weighted by Gasteiger charge is -2.11. The lowest BCUT2D eigenvalue weighted by molar-refractivity contribution is -0.138. The van der Waals surface area contributed by atoms with Crippen molar-refractivity contribution in [1.82, 2.24) is 0 Å². The molecule has 0 unspecified atom stereocenters. The van der Waals surface area contributed by atoms with E-state index in [0.717, 1.165) is 18.2 Å². The number of rotatable bonds is 3. The minimum Gasteiger partial charge on any atom is -0.399 e. The highest BCUT2D eigenvalue weighted by atomic mass is 32.1. The van der Waals surface area contributed by atoms with Crippen molar-refractivity contribution in [2.75, 3.05) is 5.73 Å². The van der Waals surface area contributed by atoms with E-state index in [0.29, 0.717) is 23.3 Å². The van der Waals surface area contributed by atoms with Crippen molar-refractivity contribution in [3.8, 4) is 6.07 Å². The molecule has 0 aromatic heterocycles. The molecule has 0 atom stereocenters. The van der Waals surface area contributed by atoms with Crippen molar-refractivity contribution in [1.29, 1.82) is 5.26 Å². The van der Waals surface area contributed by atoms with Crippen molar-refractivity contribution in [2.45, 2.75) is 32.1 Å². The summed E-state index contributed by atoms with van der Waals surface area (Å²) in [5, 5.41) is 8.38. The summed E-state index contributed by atoms with van der Waals surface area (Å²) < 4.78 is 74.6. The molecule has 0 spiro atoms. The van der Waals surface area contributed by atoms with E-state index >= 15 is 0 Å². The molecule has 0 bridgehead atoms. The minimum absolute atomic E-state index is 0.00803. The van der Waals surface area contributed by atoms with E-state index in [1.54, 1.807) is 0 Å². The summed E-state index contributed by atoms with van der Waals surface area (Å²) in [6, 6.07) is 8.24. The number of anilines is 1. The molecule has 0 aliphatic rings.